The van der Waals surface area contributed by atoms with Crippen molar-refractivity contribution < 1.29 is 9.72 Å². The average molecular weight is 337 g/mol. The summed E-state index contributed by atoms with van der Waals surface area (Å²) in [6.07, 6.45) is 6.99. The molecule has 25 heavy (non-hydrogen) atoms. The number of nitrogens with zero attached hydrogens (tertiary/aromatic N) is 6. The third-order valence-corrected chi connectivity index (χ3v) is 3.09. The third kappa shape index (κ3) is 4.07. The van der Waals surface area contributed by atoms with E-state index in [1.807, 2.05) is 0 Å². The molecule has 0 aliphatic carbocycles. The number of anilines is 1. The van der Waals surface area contributed by atoms with Gasteiger partial charge in [-0.15, -0.1) is 0 Å². The van der Waals surface area contributed by atoms with Crippen LogP contribution in [0, 0.1) is 10.1 Å². The number of benzene rings is 1. The molecule has 0 aliphatic rings. The van der Waals surface area contributed by atoms with E-state index in [2.05, 4.69) is 25.4 Å². The molecule has 1 aromatic carbocycles. The number of rotatable bonds is 5. The molecule has 2 heterocycles. The number of nitro groups is 1. The SMILES string of the molecule is O=C(/C=C/c1ccc([N+](=O)[O-])cc1)Nc1cc(-n2cncn2)ncn1. The summed E-state index contributed by atoms with van der Waals surface area (Å²) in [4.78, 5) is 33.9. The van der Waals surface area contributed by atoms with Gasteiger partial charge in [0.25, 0.3) is 5.69 Å². The van der Waals surface area contributed by atoms with Crippen LogP contribution in [0.5, 0.6) is 0 Å². The fourth-order valence-corrected chi connectivity index (χ4v) is 1.91. The van der Waals surface area contributed by atoms with E-state index in [1.54, 1.807) is 24.3 Å². The molecule has 124 valence electrons. The summed E-state index contributed by atoms with van der Waals surface area (Å²) in [5.41, 5.74) is 0.648. The minimum atomic E-state index is -0.484. The molecule has 3 rings (SSSR count). The van der Waals surface area contributed by atoms with Crippen molar-refractivity contribution in [1.82, 2.24) is 24.7 Å². The van der Waals surface area contributed by atoms with Gasteiger partial charge in [-0.2, -0.15) is 5.10 Å². The van der Waals surface area contributed by atoms with E-state index in [4.69, 9.17) is 0 Å². The van der Waals surface area contributed by atoms with Crippen LogP contribution in [0.2, 0.25) is 0 Å². The Labute approximate surface area is 141 Å². The van der Waals surface area contributed by atoms with Crippen LogP contribution >= 0.6 is 0 Å². The zero-order valence-corrected chi connectivity index (χ0v) is 12.7. The van der Waals surface area contributed by atoms with Crippen LogP contribution in [-0.2, 0) is 4.79 Å². The Morgan fingerprint density at radius 1 is 1.20 bits per heavy atom. The molecule has 1 N–H and O–H groups in total. The van der Waals surface area contributed by atoms with Gasteiger partial charge in [-0.3, -0.25) is 14.9 Å². The maximum Gasteiger partial charge on any atom is 0.269 e. The Bertz CT molecular complexity index is 921. The van der Waals surface area contributed by atoms with Crippen molar-refractivity contribution in [2.45, 2.75) is 0 Å². The number of aromatic nitrogens is 5. The molecular weight excluding hydrogens is 326 g/mol. The number of nitrogens with one attached hydrogen (secondary N) is 1. The van der Waals surface area contributed by atoms with Gasteiger partial charge in [0.2, 0.25) is 5.91 Å². The Balaban J connectivity index is 1.66. The largest absolute Gasteiger partial charge is 0.307 e. The second-order valence-electron chi connectivity index (χ2n) is 4.77. The first-order chi connectivity index (χ1) is 12.1. The van der Waals surface area contributed by atoms with Gasteiger partial charge in [0.15, 0.2) is 5.82 Å². The number of carbonyl (C=O) groups excluding carboxylic acids is 1. The van der Waals surface area contributed by atoms with Gasteiger partial charge in [-0.25, -0.2) is 19.6 Å². The Hall–Kier alpha value is -3.95. The van der Waals surface area contributed by atoms with E-state index >= 15 is 0 Å². The summed E-state index contributed by atoms with van der Waals surface area (Å²) < 4.78 is 1.43. The van der Waals surface area contributed by atoms with Gasteiger partial charge in [0.05, 0.1) is 4.92 Å². The van der Waals surface area contributed by atoms with Crippen molar-refractivity contribution in [1.29, 1.82) is 0 Å². The van der Waals surface area contributed by atoms with E-state index in [1.165, 1.54) is 41.9 Å². The van der Waals surface area contributed by atoms with Gasteiger partial charge in [-0.1, -0.05) is 0 Å². The molecule has 10 nitrogen and oxygen atoms in total. The number of amides is 1. The first kappa shape index (κ1) is 15.9. The maximum absolute atomic E-state index is 12.0. The highest BCUT2D eigenvalue weighted by molar-refractivity contribution is 6.01. The van der Waals surface area contributed by atoms with E-state index < -0.39 is 10.8 Å². The summed E-state index contributed by atoms with van der Waals surface area (Å²) in [7, 11) is 0. The fourth-order valence-electron chi connectivity index (χ4n) is 1.91. The first-order valence-electron chi connectivity index (χ1n) is 7.02. The van der Waals surface area contributed by atoms with Crippen molar-refractivity contribution in [3.63, 3.8) is 0 Å². The minimum absolute atomic E-state index is 0.0109. The third-order valence-electron chi connectivity index (χ3n) is 3.09. The predicted octanol–water partition coefficient (Wildman–Crippen LogP) is 1.62. The molecule has 0 atom stereocenters. The Morgan fingerprint density at radius 3 is 2.68 bits per heavy atom. The second-order valence-corrected chi connectivity index (χ2v) is 4.77. The average Bonchev–Trinajstić information content (AvgIpc) is 3.15. The second kappa shape index (κ2) is 7.08. The molecule has 0 aliphatic heterocycles. The number of non-ortho nitro benzene ring substituents is 1. The fraction of sp³-hybridized carbons (Fsp3) is 0. The van der Waals surface area contributed by atoms with Crippen molar-refractivity contribution in [2.75, 3.05) is 5.32 Å². The number of hydrogen-bond donors (Lipinski definition) is 1. The highest BCUT2D eigenvalue weighted by atomic mass is 16.6. The summed E-state index contributed by atoms with van der Waals surface area (Å²) in [5, 5.41) is 17.1. The molecule has 0 unspecified atom stereocenters. The van der Waals surface area contributed by atoms with Crippen molar-refractivity contribution in [3.8, 4) is 5.82 Å². The van der Waals surface area contributed by atoms with Gasteiger partial charge in [0.1, 0.15) is 24.8 Å². The summed E-state index contributed by atoms with van der Waals surface area (Å²) in [6, 6.07) is 7.38. The topological polar surface area (TPSA) is 129 Å². The smallest absolute Gasteiger partial charge is 0.269 e. The lowest BCUT2D eigenvalue weighted by atomic mass is 10.2. The lowest BCUT2D eigenvalue weighted by molar-refractivity contribution is -0.384. The summed E-state index contributed by atoms with van der Waals surface area (Å²) in [5.74, 6) is 0.364. The lowest BCUT2D eigenvalue weighted by Crippen LogP contribution is -2.10. The lowest BCUT2D eigenvalue weighted by Gasteiger charge is -2.03. The monoisotopic (exact) mass is 337 g/mol. The van der Waals surface area contributed by atoms with E-state index in [-0.39, 0.29) is 5.69 Å². The molecule has 0 bridgehead atoms. The van der Waals surface area contributed by atoms with Crippen molar-refractivity contribution in [2.24, 2.45) is 0 Å². The highest BCUT2D eigenvalue weighted by Crippen LogP contribution is 2.13. The molecule has 0 fully saturated rings. The molecule has 0 spiro atoms. The standard InChI is InChI=1S/C15H11N7O3/c23-15(6-3-11-1-4-12(5-2-11)22(24)25)20-13-7-14(18-9-17-13)21-10-16-8-19-21/h1-10H,(H,17,18,20,23)/b6-3+. The number of carbonyl (C=O) groups is 1. The van der Waals surface area contributed by atoms with E-state index in [0.29, 0.717) is 17.2 Å². The van der Waals surface area contributed by atoms with Gasteiger partial charge >= 0.3 is 0 Å². The molecule has 2 aromatic heterocycles. The van der Waals surface area contributed by atoms with Crippen LogP contribution in [0.1, 0.15) is 5.56 Å². The Kier molecular flexibility index (Phi) is 4.51. The number of nitro benzene ring substituents is 1. The van der Waals surface area contributed by atoms with Gasteiger partial charge in [-0.05, 0) is 23.8 Å². The highest BCUT2D eigenvalue weighted by Gasteiger charge is 2.05. The normalized spacial score (nSPS) is 10.7. The molecule has 0 saturated carbocycles. The van der Waals surface area contributed by atoms with Crippen LogP contribution in [0.4, 0.5) is 11.5 Å². The van der Waals surface area contributed by atoms with E-state index in [0.717, 1.165) is 0 Å². The van der Waals surface area contributed by atoms with Gasteiger partial charge < -0.3 is 5.32 Å². The quantitative estimate of drug-likeness (QED) is 0.425. The minimum Gasteiger partial charge on any atom is -0.307 e. The predicted molar refractivity (Wildman–Crippen MR) is 87.7 cm³/mol. The molecule has 0 saturated heterocycles. The van der Waals surface area contributed by atoms with Crippen molar-refractivity contribution >= 4 is 23.5 Å². The van der Waals surface area contributed by atoms with Crippen LogP contribution < -0.4 is 5.32 Å². The summed E-state index contributed by atoms with van der Waals surface area (Å²) in [6.45, 7) is 0. The molecule has 1 amide bonds. The van der Waals surface area contributed by atoms with Crippen LogP contribution in [0.25, 0.3) is 11.9 Å². The summed E-state index contributed by atoms with van der Waals surface area (Å²) >= 11 is 0. The van der Waals surface area contributed by atoms with Crippen LogP contribution in [-0.4, -0.2) is 35.6 Å². The van der Waals surface area contributed by atoms with E-state index in [9.17, 15) is 14.9 Å². The molecule has 10 heteroatoms. The van der Waals surface area contributed by atoms with Crippen LogP contribution in [0.15, 0.2) is 55.4 Å². The maximum atomic E-state index is 12.0. The Morgan fingerprint density at radius 2 is 2.00 bits per heavy atom. The number of hydrogen-bond acceptors (Lipinski definition) is 7. The molecular formula is C15H11N7O3. The van der Waals surface area contributed by atoms with Crippen LogP contribution in [0.3, 0.4) is 0 Å². The van der Waals surface area contributed by atoms with Crippen molar-refractivity contribution in [3.05, 3.63) is 71.1 Å². The zero-order chi connectivity index (χ0) is 17.6. The molecule has 3 aromatic rings. The first-order valence-corrected chi connectivity index (χ1v) is 7.02. The zero-order valence-electron chi connectivity index (χ0n) is 12.7. The molecule has 0 radical (unpaired) electrons. The van der Waals surface area contributed by atoms with Gasteiger partial charge in [0, 0.05) is 24.3 Å².